The van der Waals surface area contributed by atoms with Gasteiger partial charge < -0.3 is 5.73 Å². The van der Waals surface area contributed by atoms with Crippen molar-refractivity contribution in [2.75, 3.05) is 5.73 Å². The van der Waals surface area contributed by atoms with Crippen LogP contribution in [-0.2, 0) is 0 Å². The summed E-state index contributed by atoms with van der Waals surface area (Å²) >= 11 is 0. The van der Waals surface area contributed by atoms with Crippen molar-refractivity contribution in [3.05, 3.63) is 18.1 Å². The fourth-order valence-corrected chi connectivity index (χ4v) is 1.49. The van der Waals surface area contributed by atoms with E-state index in [1.807, 2.05) is 6.07 Å². The third-order valence-electron chi connectivity index (χ3n) is 2.39. The van der Waals surface area contributed by atoms with Crippen LogP contribution in [0.3, 0.4) is 0 Å². The summed E-state index contributed by atoms with van der Waals surface area (Å²) in [5.74, 6) is 2.12. The van der Waals surface area contributed by atoms with E-state index < -0.39 is 0 Å². The minimum Gasteiger partial charge on any atom is -0.384 e. The molecule has 6 nitrogen and oxygen atoms in total. The van der Waals surface area contributed by atoms with Crippen LogP contribution in [0, 0.1) is 0 Å². The molecule has 1 fully saturated rings. The lowest BCUT2D eigenvalue weighted by Gasteiger charge is -2.01. The molecule has 1 saturated carbocycles. The monoisotopic (exact) mass is 202 g/mol. The summed E-state index contributed by atoms with van der Waals surface area (Å²) in [6.45, 7) is 0. The third-order valence-corrected chi connectivity index (χ3v) is 2.39. The molecule has 6 heteroatoms. The number of H-pyrrole nitrogens is 1. The molecular weight excluding hydrogens is 192 g/mol. The molecule has 0 amide bonds. The van der Waals surface area contributed by atoms with Crippen LogP contribution < -0.4 is 5.73 Å². The van der Waals surface area contributed by atoms with Gasteiger partial charge in [-0.3, -0.25) is 5.10 Å². The lowest BCUT2D eigenvalue weighted by atomic mass is 10.2. The van der Waals surface area contributed by atoms with Gasteiger partial charge in [0, 0.05) is 17.7 Å². The lowest BCUT2D eigenvalue weighted by Crippen LogP contribution is -2.00. The molecule has 1 aliphatic rings. The van der Waals surface area contributed by atoms with Crippen LogP contribution >= 0.6 is 0 Å². The van der Waals surface area contributed by atoms with Crippen molar-refractivity contribution in [3.8, 4) is 11.6 Å². The molecule has 0 saturated heterocycles. The molecule has 15 heavy (non-hydrogen) atoms. The van der Waals surface area contributed by atoms with Gasteiger partial charge in [-0.1, -0.05) is 0 Å². The topological polar surface area (TPSA) is 93.4 Å². The molecule has 0 atom stereocenters. The van der Waals surface area contributed by atoms with Crippen molar-refractivity contribution >= 4 is 5.82 Å². The number of nitrogens with zero attached hydrogens (tertiary/aromatic N) is 4. The van der Waals surface area contributed by atoms with Crippen molar-refractivity contribution < 1.29 is 0 Å². The molecule has 0 bridgehead atoms. The second kappa shape index (κ2) is 3.01. The number of hydrogen-bond acceptors (Lipinski definition) is 5. The van der Waals surface area contributed by atoms with Gasteiger partial charge in [-0.25, -0.2) is 15.0 Å². The van der Waals surface area contributed by atoms with E-state index in [-0.39, 0.29) is 0 Å². The zero-order valence-electron chi connectivity index (χ0n) is 8.01. The van der Waals surface area contributed by atoms with Gasteiger partial charge in [0.1, 0.15) is 12.1 Å². The standard InChI is InChI=1S/C9H10N6/c10-7-3-6(5-1-2-5)13-9(14-7)8-11-4-12-15-8/h3-5H,1-2H2,(H2,10,13,14)(H,11,12,15). The number of aromatic amines is 1. The Morgan fingerprint density at radius 1 is 1.33 bits per heavy atom. The summed E-state index contributed by atoms with van der Waals surface area (Å²) in [6, 6.07) is 1.83. The zero-order chi connectivity index (χ0) is 10.3. The van der Waals surface area contributed by atoms with Crippen LogP contribution in [0.5, 0.6) is 0 Å². The normalized spacial score (nSPS) is 15.5. The molecule has 76 valence electrons. The van der Waals surface area contributed by atoms with E-state index in [9.17, 15) is 0 Å². The molecule has 1 aliphatic carbocycles. The highest BCUT2D eigenvalue weighted by Crippen LogP contribution is 2.39. The molecule has 2 aromatic heterocycles. The zero-order valence-corrected chi connectivity index (χ0v) is 8.01. The molecule has 2 heterocycles. The van der Waals surface area contributed by atoms with Crippen LogP contribution in [0.15, 0.2) is 12.4 Å². The SMILES string of the molecule is Nc1cc(C2CC2)nc(-c2ncn[nH]2)n1. The van der Waals surface area contributed by atoms with Gasteiger partial charge in [-0.05, 0) is 12.8 Å². The minimum atomic E-state index is 0.485. The molecule has 0 radical (unpaired) electrons. The summed E-state index contributed by atoms with van der Waals surface area (Å²) in [7, 11) is 0. The van der Waals surface area contributed by atoms with E-state index in [1.165, 1.54) is 19.2 Å². The molecular formula is C9H10N6. The van der Waals surface area contributed by atoms with Crippen LogP contribution in [0.4, 0.5) is 5.82 Å². The van der Waals surface area contributed by atoms with E-state index in [1.54, 1.807) is 0 Å². The molecule has 0 unspecified atom stereocenters. The average Bonchev–Trinajstić information content (AvgIpc) is 2.93. The third kappa shape index (κ3) is 1.54. The van der Waals surface area contributed by atoms with E-state index in [2.05, 4.69) is 25.1 Å². The number of nitrogens with one attached hydrogen (secondary N) is 1. The Morgan fingerprint density at radius 2 is 2.20 bits per heavy atom. The van der Waals surface area contributed by atoms with Crippen LogP contribution in [0.25, 0.3) is 11.6 Å². The Morgan fingerprint density at radius 3 is 2.87 bits per heavy atom. The number of nitrogen functional groups attached to an aromatic ring is 1. The van der Waals surface area contributed by atoms with Gasteiger partial charge in [0.25, 0.3) is 0 Å². The van der Waals surface area contributed by atoms with Gasteiger partial charge >= 0.3 is 0 Å². The first kappa shape index (κ1) is 8.34. The van der Waals surface area contributed by atoms with E-state index >= 15 is 0 Å². The molecule has 0 spiro atoms. The smallest absolute Gasteiger partial charge is 0.199 e. The second-order valence-corrected chi connectivity index (χ2v) is 3.65. The maximum Gasteiger partial charge on any atom is 0.199 e. The van der Waals surface area contributed by atoms with E-state index in [0.29, 0.717) is 23.4 Å². The van der Waals surface area contributed by atoms with Gasteiger partial charge in [0.2, 0.25) is 0 Å². The number of aromatic nitrogens is 5. The van der Waals surface area contributed by atoms with Crippen molar-refractivity contribution in [3.63, 3.8) is 0 Å². The number of nitrogens with two attached hydrogens (primary N) is 1. The molecule has 0 aromatic carbocycles. The fourth-order valence-electron chi connectivity index (χ4n) is 1.49. The predicted octanol–water partition coefficient (Wildman–Crippen LogP) is 0.721. The Kier molecular flexibility index (Phi) is 1.67. The largest absolute Gasteiger partial charge is 0.384 e. The Bertz CT molecular complexity index is 473. The van der Waals surface area contributed by atoms with Gasteiger partial charge in [0.05, 0.1) is 0 Å². The van der Waals surface area contributed by atoms with Crippen molar-refractivity contribution in [1.82, 2.24) is 25.1 Å². The fraction of sp³-hybridized carbons (Fsp3) is 0.333. The first-order valence-corrected chi connectivity index (χ1v) is 4.83. The minimum absolute atomic E-state index is 0.485. The highest BCUT2D eigenvalue weighted by Gasteiger charge is 2.26. The van der Waals surface area contributed by atoms with Crippen LogP contribution in [0.2, 0.25) is 0 Å². The number of hydrogen-bond donors (Lipinski definition) is 2. The van der Waals surface area contributed by atoms with Crippen molar-refractivity contribution in [2.24, 2.45) is 0 Å². The van der Waals surface area contributed by atoms with Gasteiger partial charge in [0.15, 0.2) is 11.6 Å². The summed E-state index contributed by atoms with van der Waals surface area (Å²) < 4.78 is 0. The van der Waals surface area contributed by atoms with Crippen molar-refractivity contribution in [2.45, 2.75) is 18.8 Å². The van der Waals surface area contributed by atoms with Gasteiger partial charge in [-0.15, -0.1) is 0 Å². The number of rotatable bonds is 2. The second-order valence-electron chi connectivity index (χ2n) is 3.65. The van der Waals surface area contributed by atoms with Crippen LogP contribution in [0.1, 0.15) is 24.5 Å². The molecule has 0 aliphatic heterocycles. The predicted molar refractivity (Wildman–Crippen MR) is 53.8 cm³/mol. The maximum absolute atomic E-state index is 5.72. The average molecular weight is 202 g/mol. The van der Waals surface area contributed by atoms with E-state index in [0.717, 1.165) is 5.69 Å². The highest BCUT2D eigenvalue weighted by molar-refractivity contribution is 5.47. The Labute approximate surface area is 86.0 Å². The van der Waals surface area contributed by atoms with Crippen molar-refractivity contribution in [1.29, 1.82) is 0 Å². The summed E-state index contributed by atoms with van der Waals surface area (Å²) in [4.78, 5) is 12.5. The first-order chi connectivity index (χ1) is 7.33. The lowest BCUT2D eigenvalue weighted by molar-refractivity contribution is 0.979. The quantitative estimate of drug-likeness (QED) is 0.748. The number of anilines is 1. The molecule has 3 rings (SSSR count). The summed E-state index contributed by atoms with van der Waals surface area (Å²) in [5, 5.41) is 6.49. The Hall–Kier alpha value is -1.98. The highest BCUT2D eigenvalue weighted by atomic mass is 15.2. The van der Waals surface area contributed by atoms with E-state index in [4.69, 9.17) is 5.73 Å². The Balaban J connectivity index is 2.07. The molecule has 3 N–H and O–H groups in total. The summed E-state index contributed by atoms with van der Waals surface area (Å²) in [6.07, 6.45) is 3.80. The maximum atomic E-state index is 5.72. The first-order valence-electron chi connectivity index (χ1n) is 4.83. The van der Waals surface area contributed by atoms with Crippen LogP contribution in [-0.4, -0.2) is 25.1 Å². The molecule has 2 aromatic rings. The van der Waals surface area contributed by atoms with Gasteiger partial charge in [-0.2, -0.15) is 5.10 Å². The summed E-state index contributed by atoms with van der Waals surface area (Å²) in [5.41, 5.74) is 6.73.